The summed E-state index contributed by atoms with van der Waals surface area (Å²) < 4.78 is 26.6. The second-order valence-electron chi connectivity index (χ2n) is 6.49. The molecule has 0 aromatic rings. The molecule has 9 nitrogen and oxygen atoms in total. The van der Waals surface area contributed by atoms with Crippen LogP contribution < -0.4 is 5.32 Å². The third-order valence-electron chi connectivity index (χ3n) is 4.18. The quantitative estimate of drug-likeness (QED) is 0.250. The van der Waals surface area contributed by atoms with E-state index in [1.54, 1.807) is 4.90 Å². The van der Waals surface area contributed by atoms with Gasteiger partial charge in [-0.15, -0.1) is 0 Å². The van der Waals surface area contributed by atoms with Crippen LogP contribution in [0.4, 0.5) is 4.79 Å². The monoisotopic (exact) mass is 496 g/mol. The van der Waals surface area contributed by atoms with Crippen molar-refractivity contribution in [3.63, 3.8) is 0 Å². The molecule has 0 aromatic carbocycles. The van der Waals surface area contributed by atoms with Crippen LogP contribution in [-0.4, -0.2) is 101 Å². The predicted molar refractivity (Wildman–Crippen MR) is 134 cm³/mol. The van der Waals surface area contributed by atoms with Crippen molar-refractivity contribution < 1.29 is 33.3 Å². The number of nitrogens with one attached hydrogen (secondary N) is 1. The molecule has 1 rings (SSSR count). The molecule has 0 aromatic heterocycles. The number of hydrogen-bond acceptors (Lipinski definition) is 8. The van der Waals surface area contributed by atoms with E-state index in [1.807, 2.05) is 34.6 Å². The van der Waals surface area contributed by atoms with Gasteiger partial charge in [0.15, 0.2) is 0 Å². The summed E-state index contributed by atoms with van der Waals surface area (Å²) in [5.74, 6) is 0.0247. The summed E-state index contributed by atoms with van der Waals surface area (Å²) in [6.45, 7) is 15.6. The Morgan fingerprint density at radius 3 is 1.67 bits per heavy atom. The maximum atomic E-state index is 11.8. The molecule has 0 atom stereocenters. The number of carbonyl (C=O) groups is 2. The summed E-state index contributed by atoms with van der Waals surface area (Å²) in [5, 5.41) is 3.11. The number of ether oxygens (including phenoxy) is 5. The van der Waals surface area contributed by atoms with Crippen LogP contribution >= 0.6 is 12.6 Å². The second-order valence-corrected chi connectivity index (χ2v) is 7.22. The van der Waals surface area contributed by atoms with E-state index in [-0.39, 0.29) is 18.6 Å². The van der Waals surface area contributed by atoms with Crippen molar-refractivity contribution in [3.05, 3.63) is 0 Å². The summed E-state index contributed by atoms with van der Waals surface area (Å²) in [5.41, 5.74) is 0. The third kappa shape index (κ3) is 22.5. The van der Waals surface area contributed by atoms with E-state index >= 15 is 0 Å². The maximum absolute atomic E-state index is 11.8. The fraction of sp³-hybridized carbons (Fsp3) is 0.913. The summed E-state index contributed by atoms with van der Waals surface area (Å²) in [6, 6.07) is 0. The molecular weight excluding hydrogens is 448 g/mol. The normalized spacial score (nSPS) is 13.3. The fourth-order valence-electron chi connectivity index (χ4n) is 2.48. The molecule has 0 bridgehead atoms. The molecule has 1 fully saturated rings. The summed E-state index contributed by atoms with van der Waals surface area (Å²) in [6.07, 6.45) is 2.01. The van der Waals surface area contributed by atoms with Crippen molar-refractivity contribution >= 4 is 24.6 Å². The van der Waals surface area contributed by atoms with Gasteiger partial charge < -0.3 is 33.9 Å². The first-order valence-electron chi connectivity index (χ1n) is 12.3. The number of thiol groups is 1. The summed E-state index contributed by atoms with van der Waals surface area (Å²) in [7, 11) is 0. The molecule has 0 aliphatic carbocycles. The Morgan fingerprint density at radius 2 is 1.21 bits per heavy atom. The molecule has 1 aliphatic heterocycles. The molecule has 198 valence electrons. The Hall–Kier alpha value is -1.07. The molecule has 0 unspecified atom stereocenters. The summed E-state index contributed by atoms with van der Waals surface area (Å²) in [4.78, 5) is 24.6. The van der Waals surface area contributed by atoms with Crippen LogP contribution in [-0.2, 0) is 28.5 Å². The van der Waals surface area contributed by atoms with Crippen LogP contribution in [0, 0.1) is 0 Å². The lowest BCUT2D eigenvalue weighted by Gasteiger charge is -2.28. The molecule has 1 saturated heterocycles. The van der Waals surface area contributed by atoms with Crippen molar-refractivity contribution in [2.24, 2.45) is 0 Å². The zero-order valence-corrected chi connectivity index (χ0v) is 22.3. The smallest absolute Gasteiger partial charge is 0.409 e. The molecule has 1 heterocycles. The number of likely N-dealkylation sites (tertiary alicyclic amines) is 1. The first-order chi connectivity index (χ1) is 16.1. The Labute approximate surface area is 206 Å². The van der Waals surface area contributed by atoms with E-state index in [2.05, 4.69) is 17.9 Å². The van der Waals surface area contributed by atoms with E-state index in [0.717, 1.165) is 12.8 Å². The lowest BCUT2D eigenvalue weighted by Crippen LogP contribution is -2.39. The van der Waals surface area contributed by atoms with E-state index < -0.39 is 0 Å². The van der Waals surface area contributed by atoms with E-state index in [4.69, 9.17) is 23.7 Å². The Kier molecular flexibility index (Phi) is 28.1. The van der Waals surface area contributed by atoms with Crippen LogP contribution in [0.3, 0.4) is 0 Å². The fourth-order valence-corrected chi connectivity index (χ4v) is 2.71. The Morgan fingerprint density at radius 1 is 0.788 bits per heavy atom. The lowest BCUT2D eigenvalue weighted by molar-refractivity contribution is -0.121. The molecule has 1 N–H and O–H groups in total. The van der Waals surface area contributed by atoms with Crippen molar-refractivity contribution in [1.29, 1.82) is 0 Å². The molecule has 0 saturated carbocycles. The molecule has 33 heavy (non-hydrogen) atoms. The van der Waals surface area contributed by atoms with Crippen molar-refractivity contribution in [2.75, 3.05) is 79.1 Å². The topological polar surface area (TPSA) is 95.6 Å². The van der Waals surface area contributed by atoms with Crippen LogP contribution in [0.1, 0.15) is 53.9 Å². The van der Waals surface area contributed by atoms with E-state index in [1.165, 1.54) is 0 Å². The van der Waals surface area contributed by atoms with Crippen molar-refractivity contribution in [3.8, 4) is 0 Å². The largest absolute Gasteiger partial charge is 0.447 e. The highest BCUT2D eigenvalue weighted by molar-refractivity contribution is 7.80. The highest BCUT2D eigenvalue weighted by Gasteiger charge is 2.21. The van der Waals surface area contributed by atoms with Gasteiger partial charge in [-0.1, -0.05) is 34.6 Å². The van der Waals surface area contributed by atoms with Crippen LogP contribution in [0.5, 0.6) is 0 Å². The average molecular weight is 497 g/mol. The van der Waals surface area contributed by atoms with Gasteiger partial charge in [-0.05, 0) is 12.8 Å². The van der Waals surface area contributed by atoms with Gasteiger partial charge in [0.1, 0.15) is 6.61 Å². The molecule has 10 heteroatoms. The van der Waals surface area contributed by atoms with Crippen molar-refractivity contribution in [1.82, 2.24) is 10.2 Å². The first kappa shape index (κ1) is 34.1. The number of hydrogen-bond donors (Lipinski definition) is 2. The summed E-state index contributed by atoms with van der Waals surface area (Å²) >= 11 is 4.41. The lowest BCUT2D eigenvalue weighted by atomic mass is 10.1. The van der Waals surface area contributed by atoms with Gasteiger partial charge >= 0.3 is 6.09 Å². The van der Waals surface area contributed by atoms with Crippen LogP contribution in [0.2, 0.25) is 0 Å². The van der Waals surface area contributed by atoms with Gasteiger partial charge in [0.05, 0.1) is 52.9 Å². The van der Waals surface area contributed by atoms with Crippen LogP contribution in [0.15, 0.2) is 0 Å². The van der Waals surface area contributed by atoms with Gasteiger partial charge in [-0.3, -0.25) is 4.79 Å². The van der Waals surface area contributed by atoms with Gasteiger partial charge in [0.2, 0.25) is 5.91 Å². The highest BCUT2D eigenvalue weighted by atomic mass is 32.1. The standard InChI is InChI=1S/C19H36N2O7S.2C2H6/c1-2-18(22)20-5-8-24-9-10-25-11-12-26-13-14-27-15-16-28-19(23)21-6-3-17(29)4-7-21;2*1-2/h17,29H,2-16H2,1H3,(H,20,22);2*1-2H3. The minimum Gasteiger partial charge on any atom is -0.447 e. The van der Waals surface area contributed by atoms with E-state index in [0.29, 0.717) is 84.2 Å². The minimum absolute atomic E-state index is 0.0247. The highest BCUT2D eigenvalue weighted by Crippen LogP contribution is 2.15. The van der Waals surface area contributed by atoms with Gasteiger partial charge in [0, 0.05) is 31.3 Å². The molecular formula is C23H48N2O7S. The van der Waals surface area contributed by atoms with E-state index in [9.17, 15) is 9.59 Å². The predicted octanol–water partition coefficient (Wildman–Crippen LogP) is 3.16. The third-order valence-corrected chi connectivity index (χ3v) is 4.70. The molecule has 2 amide bonds. The number of amides is 2. The number of nitrogens with zero attached hydrogens (tertiary/aromatic N) is 1. The first-order valence-corrected chi connectivity index (χ1v) is 12.8. The molecule has 0 spiro atoms. The zero-order chi connectivity index (χ0) is 25.2. The zero-order valence-electron chi connectivity index (χ0n) is 21.4. The van der Waals surface area contributed by atoms with Crippen LogP contribution in [0.25, 0.3) is 0 Å². The molecule has 0 radical (unpaired) electrons. The van der Waals surface area contributed by atoms with Gasteiger partial charge in [-0.2, -0.15) is 12.6 Å². The number of carbonyl (C=O) groups excluding carboxylic acids is 2. The Bertz CT molecular complexity index is 437. The molecule has 1 aliphatic rings. The van der Waals surface area contributed by atoms with Gasteiger partial charge in [-0.25, -0.2) is 4.79 Å². The average Bonchev–Trinajstić information content (AvgIpc) is 2.86. The van der Waals surface area contributed by atoms with Gasteiger partial charge in [0.25, 0.3) is 0 Å². The minimum atomic E-state index is -0.281. The second kappa shape index (κ2) is 27.2. The van der Waals surface area contributed by atoms with Crippen molar-refractivity contribution in [2.45, 2.75) is 59.1 Å². The number of piperidine rings is 1. The SMILES string of the molecule is CC.CC.CCC(=O)NCCOCCOCCOCCOCCOC(=O)N1CCC(S)CC1. The number of rotatable bonds is 16. The Balaban J connectivity index is 0. The maximum Gasteiger partial charge on any atom is 0.409 e.